The number of benzene rings is 3. The number of aliphatic hydroxyl groups excluding tert-OH is 5. The zero-order chi connectivity index (χ0) is 43.1. The summed E-state index contributed by atoms with van der Waals surface area (Å²) in [6, 6.07) is 2.09. The Labute approximate surface area is 346 Å². The van der Waals surface area contributed by atoms with Crippen molar-refractivity contribution in [3.63, 3.8) is 0 Å². The Kier molecular flexibility index (Phi) is 12.2. The monoisotopic (exact) mass is 862 g/mol. The van der Waals surface area contributed by atoms with Gasteiger partial charge in [-0.1, -0.05) is 6.07 Å². The number of aryl methyl sites for hydroxylation is 1. The van der Waals surface area contributed by atoms with Gasteiger partial charge in [-0.05, 0) is 49.6 Å². The Morgan fingerprint density at radius 2 is 1.48 bits per heavy atom. The molecule has 12 atom stereocenters. The molecule has 2 fully saturated rings. The van der Waals surface area contributed by atoms with Crippen molar-refractivity contribution < 1.29 is 88.8 Å². The lowest BCUT2D eigenvalue weighted by atomic mass is 9.74. The van der Waals surface area contributed by atoms with Crippen molar-refractivity contribution in [3.8, 4) is 34.1 Å². The maximum absolute atomic E-state index is 14.1. The molecule has 0 bridgehead atoms. The van der Waals surface area contributed by atoms with E-state index in [0.717, 1.165) is 12.1 Å². The highest BCUT2D eigenvalue weighted by molar-refractivity contribution is 6.31. The third-order valence-corrected chi connectivity index (χ3v) is 11.1. The summed E-state index contributed by atoms with van der Waals surface area (Å²) in [4.78, 5) is 53.2. The minimum absolute atomic E-state index is 0. The molecular formula is C39H43ClN2O18. The van der Waals surface area contributed by atoms with E-state index in [0.29, 0.717) is 0 Å². The third kappa shape index (κ3) is 7.12. The highest BCUT2D eigenvalue weighted by Crippen LogP contribution is 2.57. The minimum Gasteiger partial charge on any atom is -0.507 e. The van der Waals surface area contributed by atoms with Gasteiger partial charge >= 0.3 is 5.97 Å². The number of carbonyl (C=O) groups is 4. The van der Waals surface area contributed by atoms with Crippen LogP contribution in [0.25, 0.3) is 11.1 Å². The van der Waals surface area contributed by atoms with Gasteiger partial charge in [0.1, 0.15) is 71.8 Å². The smallest absolute Gasteiger partial charge is 0.325 e. The van der Waals surface area contributed by atoms with Crippen LogP contribution in [0.1, 0.15) is 84.9 Å². The van der Waals surface area contributed by atoms with Crippen LogP contribution in [0.2, 0.25) is 0 Å². The number of hydrogen-bond acceptors (Lipinski definition) is 18. The summed E-state index contributed by atoms with van der Waals surface area (Å²) >= 11 is 0. The fraction of sp³-hybridized carbons (Fsp3) is 0.436. The molecule has 4 aliphatic rings. The lowest BCUT2D eigenvalue weighted by Gasteiger charge is -2.46. The van der Waals surface area contributed by atoms with Crippen molar-refractivity contribution >= 4 is 35.9 Å². The van der Waals surface area contributed by atoms with Gasteiger partial charge in [-0.15, -0.1) is 12.4 Å². The molecule has 0 spiro atoms. The average molecular weight is 863 g/mol. The molecule has 2 saturated heterocycles. The summed E-state index contributed by atoms with van der Waals surface area (Å²) in [7, 11) is 1.26. The van der Waals surface area contributed by atoms with Crippen molar-refractivity contribution in [2.45, 2.75) is 94.3 Å². The number of nitrogens with two attached hydrogens (primary N) is 1. The molecule has 2 aliphatic heterocycles. The molecule has 2 heterocycles. The lowest BCUT2D eigenvalue weighted by molar-refractivity contribution is -0.337. The van der Waals surface area contributed by atoms with Crippen molar-refractivity contribution in [1.29, 1.82) is 0 Å². The molecule has 12 N–H and O–H groups in total. The van der Waals surface area contributed by atoms with Gasteiger partial charge in [-0.2, -0.15) is 0 Å². The molecule has 0 radical (unpaired) electrons. The van der Waals surface area contributed by atoms with E-state index >= 15 is 0 Å². The first kappa shape index (κ1) is 44.6. The maximum Gasteiger partial charge on any atom is 0.325 e. The van der Waals surface area contributed by atoms with E-state index in [1.165, 1.54) is 40.0 Å². The molecule has 3 aromatic rings. The molecule has 0 unspecified atom stereocenters. The molecule has 324 valence electrons. The van der Waals surface area contributed by atoms with Gasteiger partial charge in [0.2, 0.25) is 0 Å². The standard InChI is InChI=1S/C39H42N2O18.ClH/c1-10-5-17-23(30(48)20(10)36(52)41-11(2)37(53)54)22-15(8-16-24(31(22)49)27(45)14-6-13(55-4)7-18(42)21(14)26(16)44)28(46)34(17)58-39-33(51)35(25(40)12(3)57-39)59-38-32(50)29(47)19(43)9-56-38;/h5-8,11-12,19,25,28-29,32-35,38-39,42-43,46-51H,9,40H2,1-4H3,(H,41,52)(H,53,54);1H/t11-,12-,19-,25+,28+,29+,32-,33-,34+,35+,38+,39+;/m1./s1. The number of fused-ring (bicyclic) bond motifs is 5. The number of hydrogen-bond donors (Lipinski definition) is 11. The van der Waals surface area contributed by atoms with Crippen LogP contribution in [-0.4, -0.2) is 144 Å². The number of aliphatic carboxylic acids is 1. The molecule has 3 aromatic carbocycles. The van der Waals surface area contributed by atoms with E-state index in [2.05, 4.69) is 5.32 Å². The Morgan fingerprint density at radius 1 is 0.850 bits per heavy atom. The highest BCUT2D eigenvalue weighted by atomic mass is 35.5. The Bertz CT molecular complexity index is 2270. The molecule has 2 aliphatic carbocycles. The molecule has 20 nitrogen and oxygen atoms in total. The lowest BCUT2D eigenvalue weighted by Crippen LogP contribution is -2.64. The fourth-order valence-electron chi connectivity index (χ4n) is 7.93. The number of ketones is 2. The van der Waals surface area contributed by atoms with Crippen molar-refractivity contribution in [2.24, 2.45) is 5.73 Å². The number of nitrogens with one attached hydrogen (secondary N) is 1. The number of aliphatic hydroxyl groups is 5. The van der Waals surface area contributed by atoms with Crippen LogP contribution in [0.15, 0.2) is 24.3 Å². The SMILES string of the molecule is COc1cc(O)c2c(c1)C(=O)c1c(cc3c(c1O)-c1c(cc(C)c(C(=O)N[C@H](C)C(=O)O)c1O)[C@H](O[C@@H]1O[C@H](C)[C@H](N)[C@H](O[C@@H]4OC[C@@H](O)[C@H](O)[C@H]4O)[C@H]1O)[C@H]3O)C2=O.Cl. The quantitative estimate of drug-likeness (QED) is 0.107. The Balaban J connectivity index is 0.00000604. The van der Waals surface area contributed by atoms with Crippen LogP contribution in [0.4, 0.5) is 0 Å². The normalized spacial score (nSPS) is 29.9. The molecular weight excluding hydrogens is 820 g/mol. The van der Waals surface area contributed by atoms with E-state index in [1.54, 1.807) is 0 Å². The van der Waals surface area contributed by atoms with E-state index < -0.39 is 149 Å². The van der Waals surface area contributed by atoms with E-state index in [-0.39, 0.29) is 46.0 Å². The first-order valence-electron chi connectivity index (χ1n) is 18.3. The summed E-state index contributed by atoms with van der Waals surface area (Å²) in [5.41, 5.74) is 2.85. The predicted molar refractivity (Wildman–Crippen MR) is 203 cm³/mol. The van der Waals surface area contributed by atoms with E-state index in [9.17, 15) is 65.1 Å². The van der Waals surface area contributed by atoms with Crippen LogP contribution in [0, 0.1) is 6.92 Å². The van der Waals surface area contributed by atoms with Gasteiger partial charge in [0.25, 0.3) is 5.91 Å². The number of aromatic hydroxyl groups is 3. The third-order valence-electron chi connectivity index (χ3n) is 11.1. The van der Waals surface area contributed by atoms with Crippen molar-refractivity contribution in [1.82, 2.24) is 5.32 Å². The topological polar surface area (TPSA) is 335 Å². The van der Waals surface area contributed by atoms with Gasteiger partial charge in [-0.3, -0.25) is 19.2 Å². The number of carbonyl (C=O) groups excluding carboxylic acids is 3. The summed E-state index contributed by atoms with van der Waals surface area (Å²) in [5.74, 6) is -6.69. The summed E-state index contributed by atoms with van der Waals surface area (Å²) < 4.78 is 28.5. The van der Waals surface area contributed by atoms with Gasteiger partial charge in [-0.25, -0.2) is 0 Å². The zero-order valence-electron chi connectivity index (χ0n) is 32.1. The average Bonchev–Trinajstić information content (AvgIpc) is 3.18. The van der Waals surface area contributed by atoms with Crippen LogP contribution in [0.5, 0.6) is 23.0 Å². The van der Waals surface area contributed by atoms with Gasteiger partial charge in [0.15, 0.2) is 24.1 Å². The molecule has 0 saturated carbocycles. The predicted octanol–water partition coefficient (Wildman–Crippen LogP) is -0.451. The van der Waals surface area contributed by atoms with Crippen LogP contribution >= 0.6 is 12.4 Å². The number of halogens is 1. The van der Waals surface area contributed by atoms with Crippen LogP contribution in [-0.2, 0) is 23.7 Å². The maximum atomic E-state index is 14.1. The Morgan fingerprint density at radius 3 is 2.13 bits per heavy atom. The summed E-state index contributed by atoms with van der Waals surface area (Å²) in [5, 5.41) is 101. The van der Waals surface area contributed by atoms with Gasteiger partial charge in [0, 0.05) is 28.3 Å². The number of amides is 1. The number of ether oxygens (including phenoxy) is 5. The number of methoxy groups -OCH3 is 1. The second-order valence-corrected chi connectivity index (χ2v) is 14.9. The molecule has 1 amide bonds. The van der Waals surface area contributed by atoms with Gasteiger partial charge < -0.3 is 80.7 Å². The van der Waals surface area contributed by atoms with Crippen LogP contribution < -0.4 is 15.8 Å². The van der Waals surface area contributed by atoms with E-state index in [1.807, 2.05) is 0 Å². The number of phenolic OH excluding ortho intramolecular Hbond substituents is 3. The number of carboxylic acid groups (broad SMARTS) is 1. The molecule has 0 aromatic heterocycles. The highest BCUT2D eigenvalue weighted by Gasteiger charge is 2.51. The Hall–Kier alpha value is -4.97. The molecule has 21 heteroatoms. The number of rotatable bonds is 8. The molecule has 7 rings (SSSR count). The zero-order valence-corrected chi connectivity index (χ0v) is 32.9. The molecule has 60 heavy (non-hydrogen) atoms. The largest absolute Gasteiger partial charge is 0.507 e. The summed E-state index contributed by atoms with van der Waals surface area (Å²) in [6.07, 6.45) is -16.0. The number of carboxylic acids is 1. The minimum atomic E-state index is -1.91. The van der Waals surface area contributed by atoms with Crippen molar-refractivity contribution in [2.75, 3.05) is 13.7 Å². The second-order valence-electron chi connectivity index (χ2n) is 14.9. The van der Waals surface area contributed by atoms with Crippen LogP contribution in [0.3, 0.4) is 0 Å². The fourth-order valence-corrected chi connectivity index (χ4v) is 7.93. The van der Waals surface area contributed by atoms with Crippen molar-refractivity contribution in [3.05, 3.63) is 68.8 Å². The van der Waals surface area contributed by atoms with E-state index in [4.69, 9.17) is 29.4 Å². The summed E-state index contributed by atoms with van der Waals surface area (Å²) in [6.45, 7) is 3.62. The first-order valence-corrected chi connectivity index (χ1v) is 18.3. The number of phenols is 3. The first-order chi connectivity index (χ1) is 27.8. The second kappa shape index (κ2) is 16.5. The van der Waals surface area contributed by atoms with Gasteiger partial charge in [0.05, 0.1) is 42.6 Å².